The minimum Gasteiger partial charge on any atom is -0.696 e. The zero-order valence-corrected chi connectivity index (χ0v) is 13.2. The first-order chi connectivity index (χ1) is 10.3. The summed E-state index contributed by atoms with van der Waals surface area (Å²) in [5.41, 5.74) is 3.82. The van der Waals surface area contributed by atoms with Crippen molar-refractivity contribution in [2.75, 3.05) is 0 Å². The van der Waals surface area contributed by atoms with Gasteiger partial charge in [0.05, 0.1) is 0 Å². The van der Waals surface area contributed by atoms with Gasteiger partial charge >= 0.3 is 16.5 Å². The number of aromatic nitrogens is 2. The smallest absolute Gasteiger partial charge is 0.696 e. The van der Waals surface area contributed by atoms with Crippen molar-refractivity contribution in [2.45, 2.75) is 0 Å². The molecule has 0 N–H and O–H groups in total. The Hall–Kier alpha value is -2.28. The van der Waals surface area contributed by atoms with Crippen molar-refractivity contribution in [1.82, 2.24) is 9.97 Å². The van der Waals surface area contributed by atoms with E-state index in [0.717, 1.165) is 22.5 Å². The number of nitrogens with zero attached hydrogens (tertiary/aromatic N) is 3. The average molecular weight is 348 g/mol. The van der Waals surface area contributed by atoms with Gasteiger partial charge in [0, 0.05) is 23.8 Å². The molecular formula is C17H11N3NiS. The van der Waals surface area contributed by atoms with Crippen LogP contribution < -0.4 is 0 Å². The largest absolute Gasteiger partial charge is 2.00 e. The second-order valence-electron chi connectivity index (χ2n) is 4.00. The van der Waals surface area contributed by atoms with Gasteiger partial charge in [-0.1, -0.05) is 40.8 Å². The molecule has 22 heavy (non-hydrogen) atoms. The summed E-state index contributed by atoms with van der Waals surface area (Å²) < 4.78 is 0. The molecule has 0 atom stereocenters. The van der Waals surface area contributed by atoms with Crippen LogP contribution in [0.15, 0.2) is 67.0 Å². The summed E-state index contributed by atoms with van der Waals surface area (Å²) in [5, 5.41) is 8.47. The topological polar surface area (TPSA) is 49.6 Å². The molecule has 0 radical (unpaired) electrons. The molecule has 0 spiro atoms. The van der Waals surface area contributed by atoms with E-state index >= 15 is 0 Å². The number of hydrogen-bond donors (Lipinski definition) is 0. The first-order valence-corrected chi connectivity index (χ1v) is 6.62. The second kappa shape index (κ2) is 9.62. The monoisotopic (exact) mass is 347 g/mol. The van der Waals surface area contributed by atoms with Gasteiger partial charge < -0.3 is 12.6 Å². The molecule has 0 amide bonds. The number of pyridine rings is 2. The van der Waals surface area contributed by atoms with E-state index in [-0.39, 0.29) is 16.5 Å². The van der Waals surface area contributed by atoms with Crippen LogP contribution >= 0.6 is 0 Å². The van der Waals surface area contributed by atoms with Crippen molar-refractivity contribution in [3.05, 3.63) is 73.1 Å². The molecule has 0 aliphatic rings. The Balaban J connectivity index is 0.000000562. The predicted molar refractivity (Wildman–Crippen MR) is 84.7 cm³/mol. The van der Waals surface area contributed by atoms with Crippen LogP contribution in [0.3, 0.4) is 0 Å². The molecule has 110 valence electrons. The van der Waals surface area contributed by atoms with Crippen LogP contribution in [0.4, 0.5) is 0 Å². The third kappa shape index (κ3) is 4.93. The molecule has 0 aliphatic carbocycles. The van der Waals surface area contributed by atoms with Crippen molar-refractivity contribution in [2.24, 2.45) is 0 Å². The van der Waals surface area contributed by atoms with Gasteiger partial charge in [0.25, 0.3) is 0 Å². The SMILES string of the molecule is N#C[S-].[Ni+2].[c-]1c(-c2ccccn2)cccc1-c1ccccn1. The minimum atomic E-state index is 0. The van der Waals surface area contributed by atoms with Crippen LogP contribution in [0, 0.1) is 16.7 Å². The normalized spacial score (nSPS) is 8.68. The zero-order chi connectivity index (χ0) is 14.9. The van der Waals surface area contributed by atoms with Gasteiger partial charge in [-0.25, -0.2) is 5.26 Å². The fourth-order valence-corrected chi connectivity index (χ4v) is 1.81. The summed E-state index contributed by atoms with van der Waals surface area (Å²) in [7, 11) is 0. The molecule has 3 aromatic rings. The van der Waals surface area contributed by atoms with E-state index in [1.54, 1.807) is 12.4 Å². The molecule has 5 heteroatoms. The third-order valence-electron chi connectivity index (χ3n) is 2.68. The number of nitriles is 1. The summed E-state index contributed by atoms with van der Waals surface area (Å²) in [4.78, 5) is 8.66. The maximum atomic E-state index is 7.13. The second-order valence-corrected chi connectivity index (χ2v) is 4.18. The van der Waals surface area contributed by atoms with E-state index in [1.165, 1.54) is 5.40 Å². The summed E-state index contributed by atoms with van der Waals surface area (Å²) in [6.07, 6.45) is 3.58. The first kappa shape index (κ1) is 17.8. The molecule has 0 aliphatic heterocycles. The number of benzene rings is 1. The Bertz CT molecular complexity index is 673. The molecule has 3 rings (SSSR count). The van der Waals surface area contributed by atoms with Crippen molar-refractivity contribution in [3.8, 4) is 27.9 Å². The predicted octanol–water partition coefficient (Wildman–Crippen LogP) is 3.62. The average Bonchev–Trinajstić information content (AvgIpc) is 2.57. The van der Waals surface area contributed by atoms with Crippen LogP contribution in [0.5, 0.6) is 0 Å². The molecule has 2 heterocycles. The standard InChI is InChI=1S/C16H11N2.CHNS.Ni/c1-3-10-17-15(8-1)13-6-5-7-14(12-13)16-9-2-4-11-18-16;2-1-3;/h1-11H;3H;/q-1;;+2/p-1. The van der Waals surface area contributed by atoms with Crippen molar-refractivity contribution >= 4 is 12.6 Å². The molecule has 2 aromatic heterocycles. The van der Waals surface area contributed by atoms with Gasteiger partial charge in [-0.2, -0.15) is 0 Å². The van der Waals surface area contributed by atoms with Crippen molar-refractivity contribution in [3.63, 3.8) is 0 Å². The number of rotatable bonds is 2. The van der Waals surface area contributed by atoms with E-state index < -0.39 is 0 Å². The van der Waals surface area contributed by atoms with E-state index in [9.17, 15) is 0 Å². The number of hydrogen-bond acceptors (Lipinski definition) is 4. The van der Waals surface area contributed by atoms with Crippen LogP contribution in [0.25, 0.3) is 22.5 Å². The van der Waals surface area contributed by atoms with E-state index in [1.807, 2.05) is 54.6 Å². The van der Waals surface area contributed by atoms with Gasteiger partial charge in [0.1, 0.15) is 0 Å². The van der Waals surface area contributed by atoms with Gasteiger partial charge in [-0.3, -0.25) is 9.97 Å². The third-order valence-corrected chi connectivity index (χ3v) is 2.68. The van der Waals surface area contributed by atoms with Crippen molar-refractivity contribution in [1.29, 1.82) is 5.26 Å². The summed E-state index contributed by atoms with van der Waals surface area (Å²) in [6.45, 7) is 0. The quantitative estimate of drug-likeness (QED) is 0.307. The number of thiocyanates is 1. The molecule has 0 saturated carbocycles. The van der Waals surface area contributed by atoms with E-state index in [4.69, 9.17) is 5.26 Å². The van der Waals surface area contributed by atoms with Gasteiger partial charge in [-0.05, 0) is 12.1 Å². The minimum absolute atomic E-state index is 0. The molecule has 0 saturated heterocycles. The maximum absolute atomic E-state index is 7.13. The first-order valence-electron chi connectivity index (χ1n) is 6.21. The Morgan fingerprint density at radius 1 is 0.818 bits per heavy atom. The van der Waals surface area contributed by atoms with Crippen LogP contribution in [-0.4, -0.2) is 9.97 Å². The summed E-state index contributed by atoms with van der Waals surface area (Å²) in [6, 6.07) is 21.1. The van der Waals surface area contributed by atoms with Gasteiger partial charge in [0.15, 0.2) is 0 Å². The Morgan fingerprint density at radius 2 is 1.27 bits per heavy atom. The van der Waals surface area contributed by atoms with Gasteiger partial charge in [0.2, 0.25) is 0 Å². The Labute approximate surface area is 145 Å². The molecule has 3 nitrogen and oxygen atoms in total. The van der Waals surface area contributed by atoms with Crippen molar-refractivity contribution < 1.29 is 16.5 Å². The molecular weight excluding hydrogens is 337 g/mol. The zero-order valence-electron chi connectivity index (χ0n) is 11.4. The molecule has 0 bridgehead atoms. The van der Waals surface area contributed by atoms with E-state index in [0.29, 0.717) is 0 Å². The summed E-state index contributed by atoms with van der Waals surface area (Å²) >= 11 is 3.70. The molecule has 0 fully saturated rings. The fourth-order valence-electron chi connectivity index (χ4n) is 1.81. The fraction of sp³-hybridized carbons (Fsp3) is 0. The maximum Gasteiger partial charge on any atom is 2.00 e. The van der Waals surface area contributed by atoms with E-state index in [2.05, 4.69) is 28.7 Å². The Morgan fingerprint density at radius 3 is 1.64 bits per heavy atom. The van der Waals surface area contributed by atoms with Crippen LogP contribution in [-0.2, 0) is 29.1 Å². The van der Waals surface area contributed by atoms with Crippen LogP contribution in [0.2, 0.25) is 0 Å². The van der Waals surface area contributed by atoms with Gasteiger partial charge in [-0.15, -0.1) is 24.3 Å². The molecule has 1 aromatic carbocycles. The molecule has 0 unspecified atom stereocenters. The summed E-state index contributed by atoms with van der Waals surface area (Å²) in [5.74, 6) is 0. The Kier molecular flexibility index (Phi) is 7.77. The van der Waals surface area contributed by atoms with Crippen LogP contribution in [0.1, 0.15) is 0 Å².